The molecule has 0 saturated heterocycles. The highest BCUT2D eigenvalue weighted by atomic mass is 16.5. The lowest BCUT2D eigenvalue weighted by Gasteiger charge is -2.57. The average Bonchev–Trinajstić information content (AvgIpc) is 3.04. The molecular formula is C46H62O5. The molecule has 5 unspecified atom stereocenters. The van der Waals surface area contributed by atoms with Gasteiger partial charge >= 0.3 is 0 Å². The number of hydrogen-bond acceptors (Lipinski definition) is 5. The minimum absolute atomic E-state index is 0.0156. The van der Waals surface area contributed by atoms with Gasteiger partial charge in [0.1, 0.15) is 0 Å². The summed E-state index contributed by atoms with van der Waals surface area (Å²) in [5.41, 5.74) is 23.3. The number of hydrogen-bond donors (Lipinski definition) is 2. The highest BCUT2D eigenvalue weighted by molar-refractivity contribution is 5.71. The molecule has 3 aromatic carbocycles. The van der Waals surface area contributed by atoms with Gasteiger partial charge in [0.2, 0.25) is 0 Å². The van der Waals surface area contributed by atoms with Crippen molar-refractivity contribution in [3.05, 3.63) is 101 Å². The number of fused-ring (bicyclic) bond motifs is 9. The van der Waals surface area contributed by atoms with Crippen molar-refractivity contribution in [1.82, 2.24) is 0 Å². The van der Waals surface area contributed by atoms with Crippen LogP contribution in [0.3, 0.4) is 0 Å². The molecular weight excluding hydrogens is 633 g/mol. The first-order chi connectivity index (χ1) is 23.7. The molecule has 6 aliphatic rings. The standard InChI is InChI=1S/C18H24O2.C16H22O2.C12H16O/c1-16(2)6-10-13(16)11-7-17(3,9-19)14(11)12-8-18(4,20-5)15(10)12;1-9-12-7-16(4,18-5)14(12)10(2)11-6-15(3,8-17)13(9)11;1-8-5-6-9(2)11-10(8)7-12(11,3)13-4/h19H,6-9H2,1-5H3;17H,6-8H2,1-5H3;5-6H,7H2,1-4H3. The van der Waals surface area contributed by atoms with Gasteiger partial charge in [0.05, 0.1) is 30.0 Å². The van der Waals surface area contributed by atoms with Gasteiger partial charge in [0.25, 0.3) is 0 Å². The van der Waals surface area contributed by atoms with E-state index in [2.05, 4.69) is 88.3 Å². The molecule has 0 fully saturated rings. The van der Waals surface area contributed by atoms with Crippen molar-refractivity contribution in [2.75, 3.05) is 34.5 Å². The summed E-state index contributed by atoms with van der Waals surface area (Å²) in [6.07, 6.45) is 6.28. The van der Waals surface area contributed by atoms with E-state index < -0.39 is 0 Å². The molecule has 6 aliphatic carbocycles. The molecule has 9 rings (SSSR count). The fraction of sp³-hybridized carbons (Fsp3) is 0.609. The Balaban J connectivity index is 0.000000122. The predicted molar refractivity (Wildman–Crippen MR) is 205 cm³/mol. The van der Waals surface area contributed by atoms with Crippen molar-refractivity contribution in [1.29, 1.82) is 0 Å². The molecule has 0 heterocycles. The van der Waals surface area contributed by atoms with E-state index in [1.807, 2.05) is 7.11 Å². The quantitative estimate of drug-likeness (QED) is 0.284. The minimum Gasteiger partial charge on any atom is -0.395 e. The van der Waals surface area contributed by atoms with Crippen molar-refractivity contribution < 1.29 is 24.4 Å². The van der Waals surface area contributed by atoms with E-state index in [1.165, 1.54) is 78.7 Å². The van der Waals surface area contributed by atoms with Gasteiger partial charge in [0, 0.05) is 51.4 Å². The summed E-state index contributed by atoms with van der Waals surface area (Å²) >= 11 is 0. The zero-order valence-electron chi connectivity index (χ0n) is 33.9. The van der Waals surface area contributed by atoms with Crippen molar-refractivity contribution in [3.63, 3.8) is 0 Å². The molecule has 0 bridgehead atoms. The summed E-state index contributed by atoms with van der Waals surface area (Å²) in [6, 6.07) is 4.38. The van der Waals surface area contributed by atoms with E-state index in [1.54, 1.807) is 30.9 Å². The Morgan fingerprint density at radius 3 is 1.43 bits per heavy atom. The van der Waals surface area contributed by atoms with E-state index in [4.69, 9.17) is 14.2 Å². The summed E-state index contributed by atoms with van der Waals surface area (Å²) in [5, 5.41) is 19.4. The van der Waals surface area contributed by atoms with Crippen LogP contribution in [0, 0.1) is 27.7 Å². The Morgan fingerprint density at radius 1 is 0.451 bits per heavy atom. The Bertz CT molecular complexity index is 1890. The second-order valence-electron chi connectivity index (χ2n) is 18.8. The number of aliphatic hydroxyl groups excluding tert-OH is 2. The summed E-state index contributed by atoms with van der Waals surface area (Å²) in [4.78, 5) is 0. The Hall–Kier alpha value is -2.54. The predicted octanol–water partition coefficient (Wildman–Crippen LogP) is 7.99. The normalized spacial score (nSPS) is 31.6. The van der Waals surface area contributed by atoms with E-state index in [0.29, 0.717) is 5.41 Å². The van der Waals surface area contributed by atoms with Crippen LogP contribution in [0.2, 0.25) is 0 Å². The monoisotopic (exact) mass is 694 g/mol. The zero-order valence-corrected chi connectivity index (χ0v) is 33.9. The molecule has 0 aromatic heterocycles. The third kappa shape index (κ3) is 4.77. The van der Waals surface area contributed by atoms with Gasteiger partial charge in [-0.15, -0.1) is 0 Å². The van der Waals surface area contributed by atoms with Crippen LogP contribution in [0.15, 0.2) is 12.1 Å². The van der Waals surface area contributed by atoms with Gasteiger partial charge in [-0.3, -0.25) is 0 Å². The van der Waals surface area contributed by atoms with Gasteiger partial charge in [-0.1, -0.05) is 39.8 Å². The molecule has 0 aliphatic heterocycles. The first-order valence-corrected chi connectivity index (χ1v) is 19.1. The Kier molecular flexibility index (Phi) is 8.29. The van der Waals surface area contributed by atoms with Crippen LogP contribution >= 0.6 is 0 Å². The molecule has 2 N–H and O–H groups in total. The molecule has 5 nitrogen and oxygen atoms in total. The van der Waals surface area contributed by atoms with E-state index >= 15 is 0 Å². The van der Waals surface area contributed by atoms with E-state index in [9.17, 15) is 10.2 Å². The Morgan fingerprint density at radius 2 is 0.863 bits per heavy atom. The molecule has 3 aromatic rings. The van der Waals surface area contributed by atoms with Gasteiger partial charge in [-0.25, -0.2) is 0 Å². The lowest BCUT2D eigenvalue weighted by molar-refractivity contribution is -0.0221. The van der Waals surface area contributed by atoms with Gasteiger partial charge in [0.15, 0.2) is 0 Å². The van der Waals surface area contributed by atoms with Crippen molar-refractivity contribution in [3.8, 4) is 0 Å². The van der Waals surface area contributed by atoms with Crippen LogP contribution in [0.25, 0.3) is 0 Å². The molecule has 51 heavy (non-hydrogen) atoms. The third-order valence-electron chi connectivity index (χ3n) is 14.6. The number of aryl methyl sites for hydroxylation is 2. The molecule has 0 saturated carbocycles. The smallest absolute Gasteiger partial charge is 0.0945 e. The second kappa shape index (κ2) is 11.5. The highest BCUT2D eigenvalue weighted by Gasteiger charge is 2.56. The number of ether oxygens (including phenoxy) is 3. The third-order valence-corrected chi connectivity index (χ3v) is 14.6. The van der Waals surface area contributed by atoms with Crippen LogP contribution in [-0.4, -0.2) is 44.8 Å². The molecule has 0 amide bonds. The highest BCUT2D eigenvalue weighted by Crippen LogP contribution is 2.61. The fourth-order valence-electron chi connectivity index (χ4n) is 11.5. The summed E-state index contributed by atoms with van der Waals surface area (Å²) in [5.74, 6) is 0. The van der Waals surface area contributed by atoms with Gasteiger partial charge in [-0.05, 0) is 162 Å². The van der Waals surface area contributed by atoms with Crippen LogP contribution < -0.4 is 0 Å². The van der Waals surface area contributed by atoms with Gasteiger partial charge in [-0.2, -0.15) is 0 Å². The summed E-state index contributed by atoms with van der Waals surface area (Å²) in [7, 11) is 5.42. The fourth-order valence-corrected chi connectivity index (χ4v) is 11.5. The Labute approximate surface area is 307 Å². The average molecular weight is 695 g/mol. The van der Waals surface area contributed by atoms with E-state index in [-0.39, 0.29) is 40.8 Å². The van der Waals surface area contributed by atoms with Crippen molar-refractivity contribution in [2.45, 2.75) is 148 Å². The summed E-state index contributed by atoms with van der Waals surface area (Å²) in [6.45, 7) is 24.9. The van der Waals surface area contributed by atoms with E-state index in [0.717, 1.165) is 32.1 Å². The number of methoxy groups -OCH3 is 3. The first kappa shape index (κ1) is 36.8. The van der Waals surface area contributed by atoms with Crippen LogP contribution in [0.4, 0.5) is 0 Å². The van der Waals surface area contributed by atoms with Gasteiger partial charge < -0.3 is 24.4 Å². The maximum absolute atomic E-state index is 9.80. The molecule has 0 spiro atoms. The van der Waals surface area contributed by atoms with Crippen LogP contribution in [0.5, 0.6) is 0 Å². The zero-order chi connectivity index (χ0) is 37.4. The minimum atomic E-state index is -0.100. The second-order valence-corrected chi connectivity index (χ2v) is 18.8. The van der Waals surface area contributed by atoms with Crippen LogP contribution in [0.1, 0.15) is 137 Å². The molecule has 5 heteroatoms. The molecule has 276 valence electrons. The largest absolute Gasteiger partial charge is 0.395 e. The topological polar surface area (TPSA) is 68.2 Å². The number of rotatable bonds is 5. The maximum atomic E-state index is 9.80. The SMILES string of the molecule is COC1(C)Cc2c(C)c3c(c(C)c21)CC3(C)CO.COC1(C)Cc2c(C)ccc(C)c21.COC1(C)Cc2c3c(c4c(c21)CC4(C)C)CC3(C)CO. The summed E-state index contributed by atoms with van der Waals surface area (Å²) < 4.78 is 17.0. The number of benzene rings is 3. The first-order valence-electron chi connectivity index (χ1n) is 19.1. The molecule has 5 atom stereocenters. The number of aliphatic hydroxyl groups is 2. The lowest BCUT2D eigenvalue weighted by Crippen LogP contribution is -2.53. The molecule has 0 radical (unpaired) electrons. The van der Waals surface area contributed by atoms with Crippen molar-refractivity contribution >= 4 is 0 Å². The van der Waals surface area contributed by atoms with Crippen molar-refractivity contribution in [2.24, 2.45) is 0 Å². The van der Waals surface area contributed by atoms with Crippen LogP contribution in [-0.2, 0) is 85.8 Å². The lowest BCUT2D eigenvalue weighted by atomic mass is 9.48. The maximum Gasteiger partial charge on any atom is 0.0945 e.